The quantitative estimate of drug-likeness (QED) is 0.667. The first-order chi connectivity index (χ1) is 13.3. The van der Waals surface area contributed by atoms with Gasteiger partial charge in [-0.15, -0.1) is 0 Å². The van der Waals surface area contributed by atoms with Gasteiger partial charge >= 0.3 is 6.18 Å². The van der Waals surface area contributed by atoms with Crippen LogP contribution in [0.4, 0.5) is 13.2 Å². The van der Waals surface area contributed by atoms with Gasteiger partial charge in [0.05, 0.1) is 21.3 Å². The Labute approximate surface area is 158 Å². The number of nitrogens with one attached hydrogen (secondary N) is 1. The summed E-state index contributed by atoms with van der Waals surface area (Å²) in [7, 11) is 4.23. The molecule has 3 rings (SSSR count). The van der Waals surface area contributed by atoms with Crippen molar-refractivity contribution < 1.29 is 32.5 Å². The topological polar surface area (TPSA) is 76.6 Å². The lowest BCUT2D eigenvalue weighted by atomic mass is 9.97. The van der Waals surface area contributed by atoms with Gasteiger partial charge in [0.15, 0.2) is 11.5 Å². The standard InChI is InChI=1S/C19H17F3N2O4/c1-26-11-5-6-12(13(25)9-11)17-16(18(24-23-17)19(20,21)22)10-4-7-14(27-2)15(8-10)28-3/h4-9,25H,1-3H3,(H,23,24). The molecule has 148 valence electrons. The maximum absolute atomic E-state index is 13.6. The van der Waals surface area contributed by atoms with Crippen molar-refractivity contribution in [3.8, 4) is 45.4 Å². The van der Waals surface area contributed by atoms with Gasteiger partial charge in [-0.1, -0.05) is 6.07 Å². The number of hydrogen-bond acceptors (Lipinski definition) is 5. The number of alkyl halides is 3. The Hall–Kier alpha value is -3.36. The zero-order valence-corrected chi connectivity index (χ0v) is 15.2. The zero-order valence-electron chi connectivity index (χ0n) is 15.2. The molecule has 1 heterocycles. The van der Waals surface area contributed by atoms with E-state index in [1.807, 2.05) is 5.10 Å². The number of aromatic amines is 1. The zero-order chi connectivity index (χ0) is 20.5. The Balaban J connectivity index is 2.26. The molecule has 3 aromatic rings. The molecule has 0 radical (unpaired) electrons. The summed E-state index contributed by atoms with van der Waals surface area (Å²) in [5, 5.41) is 16.2. The van der Waals surface area contributed by atoms with Crippen molar-refractivity contribution in [2.45, 2.75) is 6.18 Å². The van der Waals surface area contributed by atoms with E-state index < -0.39 is 11.9 Å². The van der Waals surface area contributed by atoms with Crippen LogP contribution < -0.4 is 14.2 Å². The van der Waals surface area contributed by atoms with Gasteiger partial charge in [-0.2, -0.15) is 18.3 Å². The van der Waals surface area contributed by atoms with Crippen LogP contribution in [0, 0.1) is 0 Å². The van der Waals surface area contributed by atoms with Crippen LogP contribution in [-0.4, -0.2) is 36.6 Å². The lowest BCUT2D eigenvalue weighted by molar-refractivity contribution is -0.140. The Morgan fingerprint density at radius 3 is 2.21 bits per heavy atom. The number of benzene rings is 2. The highest BCUT2D eigenvalue weighted by Crippen LogP contribution is 2.45. The average molecular weight is 394 g/mol. The molecule has 0 atom stereocenters. The largest absolute Gasteiger partial charge is 0.507 e. The smallest absolute Gasteiger partial charge is 0.433 e. The van der Waals surface area contributed by atoms with Gasteiger partial charge in [0.2, 0.25) is 0 Å². The Morgan fingerprint density at radius 2 is 1.64 bits per heavy atom. The van der Waals surface area contributed by atoms with Crippen LogP contribution in [0.25, 0.3) is 22.4 Å². The summed E-state index contributed by atoms with van der Waals surface area (Å²) in [6, 6.07) is 8.65. The van der Waals surface area contributed by atoms with E-state index in [1.54, 1.807) is 0 Å². The molecule has 0 saturated heterocycles. The third-order valence-electron chi connectivity index (χ3n) is 4.18. The molecule has 0 unspecified atom stereocenters. The summed E-state index contributed by atoms with van der Waals surface area (Å²) >= 11 is 0. The van der Waals surface area contributed by atoms with Crippen molar-refractivity contribution in [3.63, 3.8) is 0 Å². The fourth-order valence-corrected chi connectivity index (χ4v) is 2.85. The molecule has 0 bridgehead atoms. The minimum Gasteiger partial charge on any atom is -0.507 e. The molecule has 0 saturated carbocycles. The van der Waals surface area contributed by atoms with E-state index in [4.69, 9.17) is 14.2 Å². The molecule has 9 heteroatoms. The van der Waals surface area contributed by atoms with E-state index in [1.165, 1.54) is 57.7 Å². The molecular weight excluding hydrogens is 377 g/mol. The molecule has 0 aliphatic heterocycles. The molecule has 1 aromatic heterocycles. The highest BCUT2D eigenvalue weighted by Gasteiger charge is 2.38. The van der Waals surface area contributed by atoms with Gasteiger partial charge in [-0.05, 0) is 29.8 Å². The molecule has 0 amide bonds. The van der Waals surface area contributed by atoms with Crippen LogP contribution in [0.3, 0.4) is 0 Å². The number of phenols is 1. The van der Waals surface area contributed by atoms with Gasteiger partial charge in [-0.25, -0.2) is 0 Å². The number of hydrogen-bond donors (Lipinski definition) is 2. The summed E-state index contributed by atoms with van der Waals surface area (Å²) in [5.41, 5.74) is -0.986. The number of rotatable bonds is 5. The lowest BCUT2D eigenvalue weighted by Crippen LogP contribution is -2.07. The number of ether oxygens (including phenoxy) is 3. The van der Waals surface area contributed by atoms with E-state index in [9.17, 15) is 18.3 Å². The maximum atomic E-state index is 13.6. The first kappa shape index (κ1) is 19.4. The van der Waals surface area contributed by atoms with Crippen molar-refractivity contribution >= 4 is 0 Å². The molecular formula is C19H17F3N2O4. The molecule has 2 N–H and O–H groups in total. The third kappa shape index (κ3) is 3.42. The van der Waals surface area contributed by atoms with Gasteiger partial charge in [0.1, 0.15) is 22.9 Å². The van der Waals surface area contributed by atoms with E-state index in [0.717, 1.165) is 0 Å². The molecule has 0 fully saturated rings. The Bertz CT molecular complexity index is 999. The van der Waals surface area contributed by atoms with Gasteiger partial charge in [0, 0.05) is 17.2 Å². The van der Waals surface area contributed by atoms with Crippen LogP contribution in [0.1, 0.15) is 5.69 Å². The second kappa shape index (κ2) is 7.34. The summed E-state index contributed by atoms with van der Waals surface area (Å²) in [4.78, 5) is 0. The van der Waals surface area contributed by atoms with Crippen LogP contribution in [0.15, 0.2) is 36.4 Å². The number of methoxy groups -OCH3 is 3. The number of nitrogens with zero attached hydrogens (tertiary/aromatic N) is 1. The first-order valence-corrected chi connectivity index (χ1v) is 8.05. The molecule has 6 nitrogen and oxygen atoms in total. The second-order valence-corrected chi connectivity index (χ2v) is 5.77. The van der Waals surface area contributed by atoms with Crippen molar-refractivity contribution in [1.29, 1.82) is 0 Å². The van der Waals surface area contributed by atoms with Crippen LogP contribution >= 0.6 is 0 Å². The van der Waals surface area contributed by atoms with Crippen molar-refractivity contribution in [1.82, 2.24) is 10.2 Å². The minimum absolute atomic E-state index is 0.0558. The molecule has 28 heavy (non-hydrogen) atoms. The van der Waals surface area contributed by atoms with Crippen molar-refractivity contribution in [3.05, 3.63) is 42.1 Å². The molecule has 0 spiro atoms. The third-order valence-corrected chi connectivity index (χ3v) is 4.18. The van der Waals surface area contributed by atoms with Crippen LogP contribution in [0.5, 0.6) is 23.0 Å². The van der Waals surface area contributed by atoms with Crippen molar-refractivity contribution in [2.75, 3.05) is 21.3 Å². The number of phenolic OH excluding ortho intramolecular Hbond substituents is 1. The predicted octanol–water partition coefficient (Wildman–Crippen LogP) is 4.49. The predicted molar refractivity (Wildman–Crippen MR) is 95.8 cm³/mol. The summed E-state index contributed by atoms with van der Waals surface area (Å²) in [6.07, 6.45) is -4.68. The number of aromatic hydroxyl groups is 1. The number of halogens is 3. The highest BCUT2D eigenvalue weighted by atomic mass is 19.4. The second-order valence-electron chi connectivity index (χ2n) is 5.77. The average Bonchev–Trinajstić information content (AvgIpc) is 3.12. The summed E-state index contributed by atoms with van der Waals surface area (Å²) in [6.45, 7) is 0. The molecule has 0 aliphatic rings. The molecule has 0 aliphatic carbocycles. The fourth-order valence-electron chi connectivity index (χ4n) is 2.85. The van der Waals surface area contributed by atoms with Gasteiger partial charge in [-0.3, -0.25) is 5.10 Å². The van der Waals surface area contributed by atoms with Crippen LogP contribution in [-0.2, 0) is 6.18 Å². The number of H-pyrrole nitrogens is 1. The van der Waals surface area contributed by atoms with Gasteiger partial charge in [0.25, 0.3) is 0 Å². The Kier molecular flexibility index (Phi) is 5.08. The fraction of sp³-hybridized carbons (Fsp3) is 0.211. The van der Waals surface area contributed by atoms with Gasteiger partial charge < -0.3 is 19.3 Å². The maximum Gasteiger partial charge on any atom is 0.433 e. The van der Waals surface area contributed by atoms with E-state index in [-0.39, 0.29) is 33.9 Å². The van der Waals surface area contributed by atoms with Crippen LogP contribution in [0.2, 0.25) is 0 Å². The SMILES string of the molecule is COc1ccc(-c2n[nH]c(C(F)(F)F)c2-c2ccc(OC)c(OC)c2)c(O)c1. The monoisotopic (exact) mass is 394 g/mol. The molecule has 2 aromatic carbocycles. The normalized spacial score (nSPS) is 11.4. The summed E-state index contributed by atoms with van der Waals surface area (Å²) < 4.78 is 56.2. The van der Waals surface area contributed by atoms with E-state index >= 15 is 0 Å². The lowest BCUT2D eigenvalue weighted by Gasteiger charge is -2.13. The summed E-state index contributed by atoms with van der Waals surface area (Å²) in [5.74, 6) is 0.734. The first-order valence-electron chi connectivity index (χ1n) is 8.05. The number of aromatic nitrogens is 2. The van der Waals surface area contributed by atoms with E-state index in [2.05, 4.69) is 5.10 Å². The van der Waals surface area contributed by atoms with E-state index in [0.29, 0.717) is 11.5 Å². The van der Waals surface area contributed by atoms with Crippen molar-refractivity contribution in [2.24, 2.45) is 0 Å². The Morgan fingerprint density at radius 1 is 0.929 bits per heavy atom. The highest BCUT2D eigenvalue weighted by molar-refractivity contribution is 5.86. The minimum atomic E-state index is -4.68.